The fraction of sp³-hybridized carbons (Fsp3) is 0.208. The summed E-state index contributed by atoms with van der Waals surface area (Å²) in [6.07, 6.45) is 0.683. The molecule has 0 aliphatic rings. The fourth-order valence-corrected chi connectivity index (χ4v) is 3.69. The maximum absolute atomic E-state index is 12.8. The van der Waals surface area contributed by atoms with Gasteiger partial charge in [0.15, 0.2) is 0 Å². The van der Waals surface area contributed by atoms with Crippen molar-refractivity contribution in [1.29, 1.82) is 0 Å². The van der Waals surface area contributed by atoms with Gasteiger partial charge >= 0.3 is 6.03 Å². The van der Waals surface area contributed by atoms with Crippen LogP contribution in [0.3, 0.4) is 0 Å². The molecule has 1 N–H and O–H groups in total. The first-order chi connectivity index (χ1) is 14.6. The van der Waals surface area contributed by atoms with Gasteiger partial charge in [-0.25, -0.2) is 4.79 Å². The number of carbonyl (C=O) groups excluding carboxylic acids is 1. The quantitative estimate of drug-likeness (QED) is 0.361. The van der Waals surface area contributed by atoms with Gasteiger partial charge in [-0.3, -0.25) is 0 Å². The molecule has 0 atom stereocenters. The number of hydrogen-bond donors (Lipinski definition) is 1. The van der Waals surface area contributed by atoms with E-state index in [1.807, 2.05) is 77.7 Å². The monoisotopic (exact) mass is 486 g/mol. The molecule has 3 aromatic carbocycles. The minimum Gasteiger partial charge on any atom is -0.492 e. The number of nitrogens with zero attached hydrogens (tertiary/aromatic N) is 1. The van der Waals surface area contributed by atoms with E-state index < -0.39 is 0 Å². The highest BCUT2D eigenvalue weighted by molar-refractivity contribution is 9.10. The SMILES string of the molecule is O=C(NCCCOc1ccc(Br)cc1Cl)N(Cc1ccccc1)Cc1ccccc1. The summed E-state index contributed by atoms with van der Waals surface area (Å²) in [7, 11) is 0. The predicted octanol–water partition coefficient (Wildman–Crippen LogP) is 6.28. The number of rotatable bonds is 9. The molecule has 3 aromatic rings. The minimum absolute atomic E-state index is 0.0932. The molecule has 0 heterocycles. The Balaban J connectivity index is 1.51. The summed E-state index contributed by atoms with van der Waals surface area (Å²) >= 11 is 9.53. The summed E-state index contributed by atoms with van der Waals surface area (Å²) in [5, 5.41) is 3.56. The Kier molecular flexibility index (Phi) is 8.60. The molecule has 0 saturated carbocycles. The number of ether oxygens (including phenoxy) is 1. The van der Waals surface area contributed by atoms with Gasteiger partial charge in [-0.1, -0.05) is 88.2 Å². The van der Waals surface area contributed by atoms with Gasteiger partial charge in [0, 0.05) is 24.1 Å². The molecular weight excluding hydrogens is 464 g/mol. The molecule has 156 valence electrons. The third kappa shape index (κ3) is 7.08. The van der Waals surface area contributed by atoms with E-state index in [9.17, 15) is 4.79 Å². The molecule has 4 nitrogen and oxygen atoms in total. The van der Waals surface area contributed by atoms with Gasteiger partial charge in [0.2, 0.25) is 0 Å². The summed E-state index contributed by atoms with van der Waals surface area (Å²) in [6.45, 7) is 2.09. The van der Waals surface area contributed by atoms with Crippen LogP contribution >= 0.6 is 27.5 Å². The van der Waals surface area contributed by atoms with E-state index in [0.29, 0.717) is 43.4 Å². The van der Waals surface area contributed by atoms with Crippen molar-refractivity contribution < 1.29 is 9.53 Å². The first-order valence-electron chi connectivity index (χ1n) is 9.80. The number of halogens is 2. The van der Waals surface area contributed by atoms with Crippen molar-refractivity contribution in [2.75, 3.05) is 13.2 Å². The van der Waals surface area contributed by atoms with Crippen molar-refractivity contribution in [3.8, 4) is 5.75 Å². The first-order valence-corrected chi connectivity index (χ1v) is 11.0. The van der Waals surface area contributed by atoms with Crippen LogP contribution in [0.1, 0.15) is 17.5 Å². The zero-order valence-corrected chi connectivity index (χ0v) is 18.9. The predicted molar refractivity (Wildman–Crippen MR) is 125 cm³/mol. The molecule has 0 bridgehead atoms. The largest absolute Gasteiger partial charge is 0.492 e. The maximum atomic E-state index is 12.8. The van der Waals surface area contributed by atoms with Gasteiger partial charge in [0.05, 0.1) is 11.6 Å². The van der Waals surface area contributed by atoms with Gasteiger partial charge in [-0.2, -0.15) is 0 Å². The average molecular weight is 488 g/mol. The highest BCUT2D eigenvalue weighted by Crippen LogP contribution is 2.27. The van der Waals surface area contributed by atoms with E-state index in [0.717, 1.165) is 15.6 Å². The van der Waals surface area contributed by atoms with Crippen LogP contribution in [0.25, 0.3) is 0 Å². The zero-order chi connectivity index (χ0) is 21.2. The summed E-state index contributed by atoms with van der Waals surface area (Å²) in [6, 6.07) is 25.4. The normalized spacial score (nSPS) is 10.5. The number of nitrogens with one attached hydrogen (secondary N) is 1. The minimum atomic E-state index is -0.0932. The molecule has 30 heavy (non-hydrogen) atoms. The van der Waals surface area contributed by atoms with Crippen LogP contribution < -0.4 is 10.1 Å². The van der Waals surface area contributed by atoms with E-state index >= 15 is 0 Å². The number of carbonyl (C=O) groups is 1. The molecule has 6 heteroatoms. The summed E-state index contributed by atoms with van der Waals surface area (Å²) < 4.78 is 6.61. The van der Waals surface area contributed by atoms with Crippen molar-refractivity contribution in [2.45, 2.75) is 19.5 Å². The van der Waals surface area contributed by atoms with Crippen molar-refractivity contribution in [3.63, 3.8) is 0 Å². The molecule has 0 aliphatic carbocycles. The molecule has 0 unspecified atom stereocenters. The third-order valence-electron chi connectivity index (χ3n) is 4.47. The van der Waals surface area contributed by atoms with Crippen molar-refractivity contribution in [2.24, 2.45) is 0 Å². The highest BCUT2D eigenvalue weighted by atomic mass is 79.9. The van der Waals surface area contributed by atoms with Crippen LogP contribution in [0.2, 0.25) is 5.02 Å². The Morgan fingerprint density at radius 1 is 0.933 bits per heavy atom. The first kappa shape index (κ1) is 22.2. The van der Waals surface area contributed by atoms with Crippen LogP contribution in [-0.4, -0.2) is 24.1 Å². The van der Waals surface area contributed by atoms with Crippen LogP contribution in [0.5, 0.6) is 5.75 Å². The second-order valence-corrected chi connectivity index (χ2v) is 8.16. The van der Waals surface area contributed by atoms with Gasteiger partial charge in [0.25, 0.3) is 0 Å². The van der Waals surface area contributed by atoms with Crippen molar-refractivity contribution >= 4 is 33.6 Å². The average Bonchev–Trinajstić information content (AvgIpc) is 2.76. The van der Waals surface area contributed by atoms with Crippen LogP contribution in [0.15, 0.2) is 83.3 Å². The zero-order valence-electron chi connectivity index (χ0n) is 16.6. The van der Waals surface area contributed by atoms with E-state index in [4.69, 9.17) is 16.3 Å². The van der Waals surface area contributed by atoms with E-state index in [2.05, 4.69) is 21.2 Å². The lowest BCUT2D eigenvalue weighted by molar-refractivity contribution is 0.191. The van der Waals surface area contributed by atoms with Crippen molar-refractivity contribution in [3.05, 3.63) is 99.5 Å². The van der Waals surface area contributed by atoms with Gasteiger partial charge in [-0.05, 0) is 35.7 Å². The van der Waals surface area contributed by atoms with Crippen LogP contribution in [0, 0.1) is 0 Å². The Labute approximate surface area is 190 Å². The molecule has 0 aliphatic heterocycles. The number of hydrogen-bond acceptors (Lipinski definition) is 2. The Morgan fingerprint density at radius 2 is 1.53 bits per heavy atom. The molecule has 0 radical (unpaired) electrons. The topological polar surface area (TPSA) is 41.6 Å². The Morgan fingerprint density at radius 3 is 2.10 bits per heavy atom. The number of urea groups is 1. The molecule has 0 fully saturated rings. The second kappa shape index (κ2) is 11.6. The molecule has 2 amide bonds. The maximum Gasteiger partial charge on any atom is 0.318 e. The Bertz CT molecular complexity index is 897. The van der Waals surface area contributed by atoms with E-state index in [1.165, 1.54) is 0 Å². The molecule has 0 saturated heterocycles. The van der Waals surface area contributed by atoms with Crippen molar-refractivity contribution in [1.82, 2.24) is 10.2 Å². The summed E-state index contributed by atoms with van der Waals surface area (Å²) in [5.41, 5.74) is 2.19. The standard InChI is InChI=1S/C24H24BrClN2O2/c25-21-12-13-23(22(26)16-21)30-15-7-14-27-24(29)28(17-19-8-3-1-4-9-19)18-20-10-5-2-6-11-20/h1-6,8-13,16H,7,14-15,17-18H2,(H,27,29). The lowest BCUT2D eigenvalue weighted by Gasteiger charge is -2.23. The van der Waals surface area contributed by atoms with Gasteiger partial charge in [-0.15, -0.1) is 0 Å². The second-order valence-electron chi connectivity index (χ2n) is 6.84. The third-order valence-corrected chi connectivity index (χ3v) is 5.26. The highest BCUT2D eigenvalue weighted by Gasteiger charge is 2.14. The summed E-state index contributed by atoms with van der Waals surface area (Å²) in [4.78, 5) is 14.6. The molecular formula is C24H24BrClN2O2. The Hall–Kier alpha value is -2.50. The number of benzene rings is 3. The van der Waals surface area contributed by atoms with Crippen LogP contribution in [0.4, 0.5) is 4.79 Å². The molecule has 3 rings (SSSR count). The van der Waals surface area contributed by atoms with Gasteiger partial charge < -0.3 is 15.0 Å². The van der Waals surface area contributed by atoms with Gasteiger partial charge in [0.1, 0.15) is 5.75 Å². The van der Waals surface area contributed by atoms with E-state index in [-0.39, 0.29) is 6.03 Å². The lowest BCUT2D eigenvalue weighted by Crippen LogP contribution is -2.39. The fourth-order valence-electron chi connectivity index (χ4n) is 2.96. The summed E-state index contributed by atoms with van der Waals surface area (Å²) in [5.74, 6) is 0.640. The molecule has 0 spiro atoms. The smallest absolute Gasteiger partial charge is 0.318 e. The van der Waals surface area contributed by atoms with Crippen LogP contribution in [-0.2, 0) is 13.1 Å². The number of amides is 2. The lowest BCUT2D eigenvalue weighted by atomic mass is 10.2. The molecule has 0 aromatic heterocycles. The van der Waals surface area contributed by atoms with E-state index in [1.54, 1.807) is 6.07 Å².